The molecule has 0 spiro atoms. The van der Waals surface area contributed by atoms with Gasteiger partial charge in [-0.1, -0.05) is 25.1 Å². The van der Waals surface area contributed by atoms with Gasteiger partial charge in [0.15, 0.2) is 0 Å². The Morgan fingerprint density at radius 1 is 1.29 bits per heavy atom. The number of halogens is 1. The van der Waals surface area contributed by atoms with Gasteiger partial charge < -0.3 is 4.90 Å². The van der Waals surface area contributed by atoms with Crippen LogP contribution in [0.5, 0.6) is 0 Å². The lowest BCUT2D eigenvalue weighted by molar-refractivity contribution is 0.0975. The third-order valence-corrected chi connectivity index (χ3v) is 4.62. The molecule has 1 amide bonds. The van der Waals surface area contributed by atoms with Crippen LogP contribution in [0.2, 0.25) is 0 Å². The normalized spacial score (nSPS) is 16.6. The minimum Gasteiger partial charge on any atom is -0.304 e. The zero-order chi connectivity index (χ0) is 16.8. The molecule has 1 unspecified atom stereocenters. The smallest absolute Gasteiger partial charge is 0.277 e. The number of amides is 1. The van der Waals surface area contributed by atoms with Crippen LogP contribution in [0.1, 0.15) is 35.6 Å². The van der Waals surface area contributed by atoms with Crippen LogP contribution in [0.3, 0.4) is 0 Å². The second-order valence-electron chi connectivity index (χ2n) is 6.19. The number of hydrogen-bond donors (Lipinski definition) is 0. The summed E-state index contributed by atoms with van der Waals surface area (Å²) in [5.74, 6) is -0.506. The summed E-state index contributed by atoms with van der Waals surface area (Å²) in [7, 11) is 0. The van der Waals surface area contributed by atoms with Crippen molar-refractivity contribution >= 4 is 17.2 Å². The van der Waals surface area contributed by atoms with Gasteiger partial charge in [0.2, 0.25) is 0 Å². The molecule has 4 rings (SSSR count). The van der Waals surface area contributed by atoms with E-state index in [0.29, 0.717) is 23.5 Å². The molecule has 1 atom stereocenters. The van der Waals surface area contributed by atoms with Crippen molar-refractivity contribution in [2.75, 3.05) is 4.90 Å². The highest BCUT2D eigenvalue weighted by Crippen LogP contribution is 2.33. The van der Waals surface area contributed by atoms with Crippen molar-refractivity contribution in [1.82, 2.24) is 9.38 Å². The van der Waals surface area contributed by atoms with Gasteiger partial charge in [0.25, 0.3) is 5.91 Å². The fraction of sp³-hybridized carbons (Fsp3) is 0.263. The van der Waals surface area contributed by atoms with Gasteiger partial charge in [-0.2, -0.15) is 0 Å². The van der Waals surface area contributed by atoms with Crippen LogP contribution >= 0.6 is 0 Å². The SMILES string of the molecule is CCc1nc2ccc(F)cn2c1C(=O)N1c2ccccc2CC1C. The lowest BCUT2D eigenvalue weighted by atomic mass is 10.1. The summed E-state index contributed by atoms with van der Waals surface area (Å²) in [6.07, 6.45) is 2.78. The minimum atomic E-state index is -0.383. The lowest BCUT2D eigenvalue weighted by Crippen LogP contribution is -2.37. The summed E-state index contributed by atoms with van der Waals surface area (Å²) in [5.41, 5.74) is 3.84. The molecule has 122 valence electrons. The monoisotopic (exact) mass is 323 g/mol. The average Bonchev–Trinajstić information content (AvgIpc) is 3.10. The molecule has 24 heavy (non-hydrogen) atoms. The molecular formula is C19H18FN3O. The van der Waals surface area contributed by atoms with Gasteiger partial charge in [0.05, 0.1) is 5.69 Å². The fourth-order valence-electron chi connectivity index (χ4n) is 3.53. The van der Waals surface area contributed by atoms with Crippen LogP contribution in [0, 0.1) is 5.82 Å². The third-order valence-electron chi connectivity index (χ3n) is 4.62. The Bertz CT molecular complexity index is 947. The number of para-hydroxylation sites is 1. The predicted octanol–water partition coefficient (Wildman–Crippen LogP) is 3.63. The first kappa shape index (κ1) is 14.9. The molecule has 3 aromatic rings. The number of imidazole rings is 1. The molecule has 2 aromatic heterocycles. The molecule has 0 bridgehead atoms. The number of carbonyl (C=O) groups is 1. The van der Waals surface area contributed by atoms with Crippen LogP contribution in [0.4, 0.5) is 10.1 Å². The largest absolute Gasteiger partial charge is 0.304 e. The lowest BCUT2D eigenvalue weighted by Gasteiger charge is -2.23. The first-order valence-corrected chi connectivity index (χ1v) is 8.18. The van der Waals surface area contributed by atoms with Gasteiger partial charge in [-0.05, 0) is 43.5 Å². The standard InChI is InChI=1S/C19H18FN3O/c1-3-15-18(22-11-14(20)8-9-17(22)21-15)19(24)23-12(2)10-13-6-4-5-7-16(13)23/h4-9,11-12H,3,10H2,1-2H3. The van der Waals surface area contributed by atoms with Gasteiger partial charge in [-0.25, -0.2) is 9.37 Å². The van der Waals surface area contributed by atoms with Crippen LogP contribution < -0.4 is 4.90 Å². The van der Waals surface area contributed by atoms with Crippen molar-refractivity contribution in [3.05, 3.63) is 65.4 Å². The number of fused-ring (bicyclic) bond motifs is 2. The Morgan fingerprint density at radius 2 is 2.08 bits per heavy atom. The van der Waals surface area contributed by atoms with Crippen LogP contribution in [0.25, 0.3) is 5.65 Å². The summed E-state index contributed by atoms with van der Waals surface area (Å²) in [6.45, 7) is 3.99. The fourth-order valence-corrected chi connectivity index (χ4v) is 3.53. The second kappa shape index (κ2) is 5.44. The zero-order valence-corrected chi connectivity index (χ0v) is 13.7. The van der Waals surface area contributed by atoms with Gasteiger partial charge in [-0.3, -0.25) is 9.20 Å². The number of rotatable bonds is 2. The Kier molecular flexibility index (Phi) is 3.37. The van der Waals surface area contributed by atoms with Crippen LogP contribution in [-0.2, 0) is 12.8 Å². The first-order chi connectivity index (χ1) is 11.6. The summed E-state index contributed by atoms with van der Waals surface area (Å²) in [5, 5.41) is 0. The van der Waals surface area contributed by atoms with Crippen LogP contribution in [0.15, 0.2) is 42.6 Å². The molecular weight excluding hydrogens is 305 g/mol. The van der Waals surface area contributed by atoms with E-state index < -0.39 is 0 Å². The number of aromatic nitrogens is 2. The predicted molar refractivity (Wildman–Crippen MR) is 90.9 cm³/mol. The van der Waals surface area contributed by atoms with Gasteiger partial charge in [-0.15, -0.1) is 0 Å². The molecule has 0 saturated heterocycles. The van der Waals surface area contributed by atoms with E-state index in [-0.39, 0.29) is 17.8 Å². The van der Waals surface area contributed by atoms with E-state index in [1.54, 1.807) is 10.5 Å². The Labute approximate surface area is 139 Å². The highest BCUT2D eigenvalue weighted by Gasteiger charge is 2.34. The van der Waals surface area contributed by atoms with Crippen molar-refractivity contribution in [2.24, 2.45) is 0 Å². The van der Waals surface area contributed by atoms with E-state index in [1.165, 1.54) is 12.3 Å². The number of carbonyl (C=O) groups excluding carboxylic acids is 1. The highest BCUT2D eigenvalue weighted by molar-refractivity contribution is 6.08. The summed E-state index contributed by atoms with van der Waals surface area (Å²) in [6, 6.07) is 11.0. The van der Waals surface area contributed by atoms with Gasteiger partial charge >= 0.3 is 0 Å². The third kappa shape index (κ3) is 2.12. The van der Waals surface area contributed by atoms with Crippen LogP contribution in [-0.4, -0.2) is 21.3 Å². The first-order valence-electron chi connectivity index (χ1n) is 8.18. The molecule has 1 aromatic carbocycles. The quantitative estimate of drug-likeness (QED) is 0.722. The molecule has 0 fully saturated rings. The molecule has 5 heteroatoms. The molecule has 1 aliphatic heterocycles. The number of benzene rings is 1. The maximum atomic E-state index is 13.7. The van der Waals surface area contributed by atoms with E-state index in [4.69, 9.17) is 0 Å². The molecule has 4 nitrogen and oxygen atoms in total. The van der Waals surface area contributed by atoms with E-state index in [2.05, 4.69) is 4.98 Å². The van der Waals surface area contributed by atoms with Gasteiger partial charge in [0.1, 0.15) is 17.2 Å². The number of aryl methyl sites for hydroxylation is 1. The maximum absolute atomic E-state index is 13.7. The number of nitrogens with zero attached hydrogens (tertiary/aromatic N) is 3. The highest BCUT2D eigenvalue weighted by atomic mass is 19.1. The maximum Gasteiger partial charge on any atom is 0.277 e. The molecule has 0 radical (unpaired) electrons. The summed E-state index contributed by atoms with van der Waals surface area (Å²) in [4.78, 5) is 19.6. The number of pyridine rings is 1. The molecule has 3 heterocycles. The molecule has 0 aliphatic carbocycles. The van der Waals surface area contributed by atoms with Gasteiger partial charge in [0, 0.05) is 17.9 Å². The number of hydrogen-bond acceptors (Lipinski definition) is 2. The average molecular weight is 323 g/mol. The summed E-state index contributed by atoms with van der Waals surface area (Å²) >= 11 is 0. The molecule has 0 N–H and O–H groups in total. The second-order valence-corrected chi connectivity index (χ2v) is 6.19. The summed E-state index contributed by atoms with van der Waals surface area (Å²) < 4.78 is 15.3. The van der Waals surface area contributed by atoms with Crippen molar-refractivity contribution in [3.63, 3.8) is 0 Å². The Balaban J connectivity index is 1.89. The van der Waals surface area contributed by atoms with E-state index in [9.17, 15) is 9.18 Å². The number of anilines is 1. The van der Waals surface area contributed by atoms with E-state index in [1.807, 2.05) is 43.0 Å². The van der Waals surface area contributed by atoms with Crippen molar-refractivity contribution < 1.29 is 9.18 Å². The van der Waals surface area contributed by atoms with E-state index >= 15 is 0 Å². The van der Waals surface area contributed by atoms with Crippen molar-refractivity contribution in [2.45, 2.75) is 32.7 Å². The van der Waals surface area contributed by atoms with Crippen molar-refractivity contribution in [1.29, 1.82) is 0 Å². The molecule has 1 aliphatic rings. The zero-order valence-electron chi connectivity index (χ0n) is 13.7. The Hall–Kier alpha value is -2.69. The molecule has 0 saturated carbocycles. The topological polar surface area (TPSA) is 37.6 Å². The van der Waals surface area contributed by atoms with Crippen molar-refractivity contribution in [3.8, 4) is 0 Å². The minimum absolute atomic E-state index is 0.0683. The Morgan fingerprint density at radius 3 is 2.88 bits per heavy atom. The van der Waals surface area contributed by atoms with E-state index in [0.717, 1.165) is 17.7 Å².